The Bertz CT molecular complexity index is 1450. The maximum atomic E-state index is 12.8. The molecule has 0 aliphatic rings. The van der Waals surface area contributed by atoms with Gasteiger partial charge in [-0.15, -0.1) is 0 Å². The van der Waals surface area contributed by atoms with Gasteiger partial charge in [-0.05, 0) is 24.3 Å². The topological polar surface area (TPSA) is 102 Å². The van der Waals surface area contributed by atoms with Gasteiger partial charge in [0.15, 0.2) is 5.13 Å². The zero-order valence-electron chi connectivity index (χ0n) is 15.3. The van der Waals surface area contributed by atoms with Crippen LogP contribution in [0.15, 0.2) is 53.5 Å². The summed E-state index contributed by atoms with van der Waals surface area (Å²) in [6.45, 7) is -0.205. The molecule has 0 saturated heterocycles. The summed E-state index contributed by atoms with van der Waals surface area (Å²) >= 11 is 1.34. The maximum absolute atomic E-state index is 12.8. The smallest absolute Gasteiger partial charge is 0.291 e. The van der Waals surface area contributed by atoms with Crippen molar-refractivity contribution in [2.75, 3.05) is 12.4 Å². The fourth-order valence-corrected chi connectivity index (χ4v) is 4.18. The average Bonchev–Trinajstić information content (AvgIpc) is 3.30. The number of ether oxygens (including phenoxy) is 1. The minimum atomic E-state index is -0.374. The van der Waals surface area contributed by atoms with E-state index in [9.17, 15) is 9.59 Å². The number of amides is 1. The number of nitrogens with one attached hydrogen (secondary N) is 2. The van der Waals surface area contributed by atoms with Crippen molar-refractivity contribution in [3.63, 3.8) is 0 Å². The fourth-order valence-electron chi connectivity index (χ4n) is 3.27. The second-order valence-electron chi connectivity index (χ2n) is 6.47. The maximum Gasteiger partial charge on any atom is 0.291 e. The number of fused-ring (bicyclic) bond motifs is 4. The van der Waals surface area contributed by atoms with Crippen LogP contribution in [0.4, 0.5) is 5.13 Å². The molecule has 144 valence electrons. The summed E-state index contributed by atoms with van der Waals surface area (Å²) in [6, 6.07) is 13.1. The van der Waals surface area contributed by atoms with E-state index < -0.39 is 0 Å². The highest BCUT2D eigenvalue weighted by molar-refractivity contribution is 7.22. The summed E-state index contributed by atoms with van der Waals surface area (Å²) in [5.41, 5.74) is 1.71. The highest BCUT2D eigenvalue weighted by Crippen LogP contribution is 2.29. The van der Waals surface area contributed by atoms with Crippen LogP contribution in [-0.2, 0) is 11.3 Å². The minimum Gasteiger partial charge on any atom is -0.497 e. The molecule has 5 rings (SSSR count). The molecule has 0 aliphatic heterocycles. The minimum absolute atomic E-state index is 0.205. The Kier molecular flexibility index (Phi) is 4.02. The molecule has 0 spiro atoms. The highest BCUT2D eigenvalue weighted by atomic mass is 32.1. The van der Waals surface area contributed by atoms with Crippen LogP contribution in [0, 0.1) is 0 Å². The van der Waals surface area contributed by atoms with Gasteiger partial charge in [-0.1, -0.05) is 29.5 Å². The van der Waals surface area contributed by atoms with Gasteiger partial charge in [0, 0.05) is 16.3 Å². The molecule has 0 unspecified atom stereocenters. The Labute approximate surface area is 167 Å². The second-order valence-corrected chi connectivity index (χ2v) is 7.50. The second kappa shape index (κ2) is 6.71. The summed E-state index contributed by atoms with van der Waals surface area (Å²) in [6.07, 6.45) is 1.60. The molecule has 0 atom stereocenters. The molecular weight excluding hydrogens is 390 g/mol. The number of para-hydroxylation sites is 1. The van der Waals surface area contributed by atoms with Gasteiger partial charge in [-0.2, -0.15) is 5.10 Å². The van der Waals surface area contributed by atoms with E-state index in [1.54, 1.807) is 13.3 Å². The number of aromatic nitrogens is 4. The van der Waals surface area contributed by atoms with E-state index in [1.165, 1.54) is 11.3 Å². The van der Waals surface area contributed by atoms with Gasteiger partial charge in [0.05, 0.1) is 23.5 Å². The molecule has 29 heavy (non-hydrogen) atoms. The molecule has 8 nitrogen and oxygen atoms in total. The van der Waals surface area contributed by atoms with Crippen LogP contribution >= 0.6 is 11.3 Å². The standard InChI is InChI=1S/C20H15N5O3S/c1-28-11-6-7-15-16(8-11)29-20(23-15)24-17(26)10-25-19(27)18-13(9-21-25)12-4-2-3-5-14(12)22-18/h2-9,22H,10H2,1H3,(H,23,24,26). The number of nitrogens with zero attached hydrogens (tertiary/aromatic N) is 3. The van der Waals surface area contributed by atoms with Crippen LogP contribution in [-0.4, -0.2) is 32.8 Å². The number of benzene rings is 2. The molecule has 9 heteroatoms. The first-order chi connectivity index (χ1) is 14.1. The lowest BCUT2D eigenvalue weighted by atomic mass is 10.2. The van der Waals surface area contributed by atoms with Crippen molar-refractivity contribution in [1.29, 1.82) is 0 Å². The summed E-state index contributed by atoms with van der Waals surface area (Å²) in [5, 5.41) is 9.02. The van der Waals surface area contributed by atoms with Gasteiger partial charge in [0.2, 0.25) is 5.91 Å². The Morgan fingerprint density at radius 1 is 1.24 bits per heavy atom. The van der Waals surface area contributed by atoms with Gasteiger partial charge in [0.25, 0.3) is 5.56 Å². The molecule has 0 aliphatic carbocycles. The lowest BCUT2D eigenvalue weighted by molar-refractivity contribution is -0.117. The van der Waals surface area contributed by atoms with Crippen molar-refractivity contribution in [2.24, 2.45) is 0 Å². The predicted molar refractivity (Wildman–Crippen MR) is 113 cm³/mol. The third kappa shape index (κ3) is 3.01. The van der Waals surface area contributed by atoms with E-state index in [1.807, 2.05) is 42.5 Å². The van der Waals surface area contributed by atoms with Gasteiger partial charge >= 0.3 is 0 Å². The third-order valence-corrected chi connectivity index (χ3v) is 5.59. The molecule has 2 aromatic carbocycles. The first-order valence-corrected chi connectivity index (χ1v) is 9.65. The highest BCUT2D eigenvalue weighted by Gasteiger charge is 2.14. The molecule has 3 heterocycles. The third-order valence-electron chi connectivity index (χ3n) is 4.66. The van der Waals surface area contributed by atoms with Crippen molar-refractivity contribution in [3.05, 3.63) is 59.0 Å². The number of methoxy groups -OCH3 is 1. The van der Waals surface area contributed by atoms with Crippen LogP contribution in [0.5, 0.6) is 5.75 Å². The van der Waals surface area contributed by atoms with E-state index in [4.69, 9.17) is 4.74 Å². The number of aromatic amines is 1. The number of anilines is 1. The van der Waals surface area contributed by atoms with E-state index >= 15 is 0 Å². The van der Waals surface area contributed by atoms with Crippen LogP contribution in [0.1, 0.15) is 0 Å². The van der Waals surface area contributed by atoms with Crippen LogP contribution in [0.25, 0.3) is 32.0 Å². The average molecular weight is 405 g/mol. The van der Waals surface area contributed by atoms with Gasteiger partial charge in [0.1, 0.15) is 17.8 Å². The normalized spacial score (nSPS) is 11.3. The van der Waals surface area contributed by atoms with Gasteiger partial charge < -0.3 is 15.0 Å². The molecule has 2 N–H and O–H groups in total. The van der Waals surface area contributed by atoms with Crippen LogP contribution < -0.4 is 15.6 Å². The molecule has 0 radical (unpaired) electrons. The molecule has 0 bridgehead atoms. The SMILES string of the molecule is COc1ccc2nc(NC(=O)Cn3ncc4c([nH]c5ccccc54)c3=O)sc2c1. The Hall–Kier alpha value is -3.72. The zero-order chi connectivity index (χ0) is 20.0. The molecular formula is C20H15N5O3S. The van der Waals surface area contributed by atoms with Gasteiger partial charge in [-0.3, -0.25) is 9.59 Å². The summed E-state index contributed by atoms with van der Waals surface area (Å²) in [7, 11) is 1.60. The van der Waals surface area contributed by atoms with E-state index in [-0.39, 0.29) is 18.0 Å². The predicted octanol–water partition coefficient (Wildman–Crippen LogP) is 3.13. The number of hydrogen-bond donors (Lipinski definition) is 2. The van der Waals surface area contributed by atoms with Crippen molar-refractivity contribution < 1.29 is 9.53 Å². The number of carbonyl (C=O) groups is 1. The lowest BCUT2D eigenvalue weighted by Crippen LogP contribution is -2.29. The molecule has 1 amide bonds. The molecule has 0 saturated carbocycles. The molecule has 5 aromatic rings. The van der Waals surface area contributed by atoms with E-state index in [0.29, 0.717) is 10.6 Å². The van der Waals surface area contributed by atoms with Crippen LogP contribution in [0.3, 0.4) is 0 Å². The van der Waals surface area contributed by atoms with Crippen molar-refractivity contribution in [3.8, 4) is 5.75 Å². The van der Waals surface area contributed by atoms with E-state index in [0.717, 1.165) is 36.9 Å². The number of thiazole rings is 1. The number of carbonyl (C=O) groups excluding carboxylic acids is 1. The summed E-state index contributed by atoms with van der Waals surface area (Å²) < 4.78 is 7.24. The Morgan fingerprint density at radius 2 is 2.10 bits per heavy atom. The molecule has 3 aromatic heterocycles. The summed E-state index contributed by atoms with van der Waals surface area (Å²) in [5.74, 6) is 0.350. The van der Waals surface area contributed by atoms with Crippen LogP contribution in [0.2, 0.25) is 0 Å². The van der Waals surface area contributed by atoms with Crippen molar-refractivity contribution >= 4 is 54.4 Å². The fraction of sp³-hybridized carbons (Fsp3) is 0.100. The first kappa shape index (κ1) is 17.4. The largest absolute Gasteiger partial charge is 0.497 e. The first-order valence-electron chi connectivity index (χ1n) is 8.83. The monoisotopic (exact) mass is 405 g/mol. The number of hydrogen-bond acceptors (Lipinski definition) is 6. The quantitative estimate of drug-likeness (QED) is 0.478. The molecule has 0 fully saturated rings. The van der Waals surface area contributed by atoms with E-state index in [2.05, 4.69) is 20.4 Å². The Morgan fingerprint density at radius 3 is 2.97 bits per heavy atom. The van der Waals surface area contributed by atoms with Crippen molar-refractivity contribution in [2.45, 2.75) is 6.54 Å². The summed E-state index contributed by atoms with van der Waals surface area (Å²) in [4.78, 5) is 32.7. The number of rotatable bonds is 4. The van der Waals surface area contributed by atoms with Crippen molar-refractivity contribution in [1.82, 2.24) is 19.7 Å². The van der Waals surface area contributed by atoms with Gasteiger partial charge in [-0.25, -0.2) is 9.67 Å². The Balaban J connectivity index is 1.41. The zero-order valence-corrected chi connectivity index (χ0v) is 16.1. The number of H-pyrrole nitrogens is 1. The lowest BCUT2D eigenvalue weighted by Gasteiger charge is -2.04.